The minimum atomic E-state index is -3.99. The molecule has 0 unspecified atom stereocenters. The summed E-state index contributed by atoms with van der Waals surface area (Å²) in [5.74, 6) is -0.172. The summed E-state index contributed by atoms with van der Waals surface area (Å²) in [6, 6.07) is 8.57. The van der Waals surface area contributed by atoms with E-state index in [9.17, 15) is 13.2 Å². The topological polar surface area (TPSA) is 83.7 Å². The number of amides is 1. The highest BCUT2D eigenvalue weighted by atomic mass is 35.5. The third kappa shape index (κ3) is 4.33. The van der Waals surface area contributed by atoms with E-state index >= 15 is 0 Å². The van der Waals surface area contributed by atoms with Crippen LogP contribution in [0.25, 0.3) is 0 Å². The van der Waals surface area contributed by atoms with Crippen LogP contribution in [-0.2, 0) is 23.1 Å². The maximum Gasteiger partial charge on any atom is 0.254 e. The summed E-state index contributed by atoms with van der Waals surface area (Å²) < 4.78 is 23.4. The molecule has 160 valence electrons. The van der Waals surface area contributed by atoms with Crippen LogP contribution >= 0.6 is 34.8 Å². The van der Waals surface area contributed by atoms with E-state index in [4.69, 9.17) is 39.9 Å². The second kappa shape index (κ2) is 8.30. The second-order valence-corrected chi connectivity index (χ2v) is 10.4. The van der Waals surface area contributed by atoms with Gasteiger partial charge in [0.1, 0.15) is 4.90 Å². The van der Waals surface area contributed by atoms with E-state index in [1.54, 1.807) is 6.07 Å². The molecular formula is C20H20Cl3N3O3S. The molecule has 1 fully saturated rings. The first-order valence-electron chi connectivity index (χ1n) is 9.46. The molecule has 2 heterocycles. The van der Waals surface area contributed by atoms with E-state index in [2.05, 4.69) is 4.90 Å². The summed E-state index contributed by atoms with van der Waals surface area (Å²) in [6.07, 6.45) is 1.66. The summed E-state index contributed by atoms with van der Waals surface area (Å²) in [5, 5.41) is 6.34. The monoisotopic (exact) mass is 487 g/mol. The quantitative estimate of drug-likeness (QED) is 0.707. The Bertz CT molecular complexity index is 1120. The van der Waals surface area contributed by atoms with Crippen molar-refractivity contribution in [2.75, 3.05) is 13.1 Å². The van der Waals surface area contributed by atoms with Gasteiger partial charge in [0.2, 0.25) is 10.0 Å². The Morgan fingerprint density at radius 1 is 1.00 bits per heavy atom. The number of hydrogen-bond donors (Lipinski definition) is 1. The summed E-state index contributed by atoms with van der Waals surface area (Å²) >= 11 is 18.2. The third-order valence-corrected chi connectivity index (χ3v) is 7.80. The highest BCUT2D eigenvalue weighted by molar-refractivity contribution is 7.89. The third-order valence-electron chi connectivity index (χ3n) is 5.68. The van der Waals surface area contributed by atoms with Crippen LogP contribution in [0.2, 0.25) is 15.1 Å². The molecule has 2 N–H and O–H groups in total. The van der Waals surface area contributed by atoms with E-state index in [0.29, 0.717) is 22.2 Å². The molecule has 30 heavy (non-hydrogen) atoms. The average Bonchev–Trinajstić information content (AvgIpc) is 2.99. The van der Waals surface area contributed by atoms with Gasteiger partial charge in [-0.15, -0.1) is 0 Å². The molecule has 0 bridgehead atoms. The van der Waals surface area contributed by atoms with Gasteiger partial charge in [0.05, 0.1) is 15.1 Å². The number of carbonyl (C=O) groups is 1. The van der Waals surface area contributed by atoms with Crippen LogP contribution in [0.4, 0.5) is 0 Å². The Kier molecular flexibility index (Phi) is 6.05. The lowest BCUT2D eigenvalue weighted by Gasteiger charge is -2.36. The van der Waals surface area contributed by atoms with Gasteiger partial charge in [-0.2, -0.15) is 0 Å². The van der Waals surface area contributed by atoms with Crippen LogP contribution in [0.1, 0.15) is 34.3 Å². The molecule has 2 aliphatic heterocycles. The summed E-state index contributed by atoms with van der Waals surface area (Å²) in [6.45, 7) is 2.88. The maximum atomic E-state index is 12.9. The van der Waals surface area contributed by atoms with Gasteiger partial charge >= 0.3 is 0 Å². The molecular weight excluding hydrogens is 469 g/mol. The van der Waals surface area contributed by atoms with Crippen LogP contribution in [0.3, 0.4) is 0 Å². The minimum absolute atomic E-state index is 0.0438. The van der Waals surface area contributed by atoms with Crippen LogP contribution in [-0.4, -0.2) is 43.3 Å². The van der Waals surface area contributed by atoms with Crippen LogP contribution in [0.15, 0.2) is 35.2 Å². The molecule has 2 aromatic carbocycles. The predicted molar refractivity (Wildman–Crippen MR) is 117 cm³/mol. The van der Waals surface area contributed by atoms with Crippen molar-refractivity contribution in [1.82, 2.24) is 9.80 Å². The van der Waals surface area contributed by atoms with Crippen molar-refractivity contribution in [3.8, 4) is 0 Å². The van der Waals surface area contributed by atoms with Crippen molar-refractivity contribution >= 4 is 50.7 Å². The zero-order chi connectivity index (χ0) is 21.6. The number of sulfonamides is 1. The molecule has 0 saturated carbocycles. The van der Waals surface area contributed by atoms with Crippen molar-refractivity contribution < 1.29 is 13.2 Å². The number of rotatable bonds is 4. The van der Waals surface area contributed by atoms with Gasteiger partial charge in [0, 0.05) is 37.8 Å². The normalized spacial score (nSPS) is 18.1. The van der Waals surface area contributed by atoms with Gasteiger partial charge in [0.15, 0.2) is 0 Å². The molecule has 0 spiro atoms. The highest BCUT2D eigenvalue weighted by Gasteiger charge is 2.36. The number of likely N-dealkylation sites (tertiary alicyclic amines) is 1. The van der Waals surface area contributed by atoms with Gasteiger partial charge in [-0.05, 0) is 48.2 Å². The average molecular weight is 489 g/mol. The SMILES string of the molecule is NS(=O)(=O)c1cc2c(cc1Cl)CN(C1CCN(Cc3ccc(Cl)c(Cl)c3)CC1)C2=O. The molecule has 2 aliphatic rings. The Hall–Kier alpha value is -1.35. The number of piperidine rings is 1. The van der Waals surface area contributed by atoms with Crippen LogP contribution in [0, 0.1) is 0 Å². The van der Waals surface area contributed by atoms with Gasteiger partial charge in [-0.1, -0.05) is 40.9 Å². The Morgan fingerprint density at radius 2 is 1.70 bits per heavy atom. The zero-order valence-corrected chi connectivity index (χ0v) is 19.0. The largest absolute Gasteiger partial charge is 0.331 e. The minimum Gasteiger partial charge on any atom is -0.331 e. The Balaban J connectivity index is 1.42. The van der Waals surface area contributed by atoms with E-state index < -0.39 is 10.0 Å². The van der Waals surface area contributed by atoms with E-state index in [1.165, 1.54) is 12.1 Å². The molecule has 2 aromatic rings. The smallest absolute Gasteiger partial charge is 0.254 e. The zero-order valence-electron chi connectivity index (χ0n) is 15.9. The first-order chi connectivity index (χ1) is 14.1. The van der Waals surface area contributed by atoms with E-state index in [0.717, 1.165) is 43.6 Å². The molecule has 0 aliphatic carbocycles. The van der Waals surface area contributed by atoms with Crippen LogP contribution < -0.4 is 5.14 Å². The fraction of sp³-hybridized carbons (Fsp3) is 0.350. The first kappa shape index (κ1) is 21.9. The molecule has 0 radical (unpaired) electrons. The summed E-state index contributed by atoms with van der Waals surface area (Å²) in [4.78, 5) is 16.9. The number of hydrogen-bond acceptors (Lipinski definition) is 4. The standard InChI is InChI=1S/C20H20Cl3N3O3S/c21-16-2-1-12(7-17(16)22)10-25-5-3-14(4-6-25)26-11-13-8-18(23)19(30(24,28)29)9-15(13)20(26)27/h1-2,7-9,14H,3-6,10-11H2,(H2,24,28,29). The van der Waals surface area contributed by atoms with Gasteiger partial charge in [0.25, 0.3) is 5.91 Å². The number of benzene rings is 2. The lowest BCUT2D eigenvalue weighted by Crippen LogP contribution is -2.44. The number of fused-ring (bicyclic) bond motifs is 1. The first-order valence-corrected chi connectivity index (χ1v) is 12.1. The van der Waals surface area contributed by atoms with Gasteiger partial charge in [-0.25, -0.2) is 13.6 Å². The van der Waals surface area contributed by atoms with E-state index in [-0.39, 0.29) is 21.9 Å². The Morgan fingerprint density at radius 3 is 2.33 bits per heavy atom. The molecule has 0 aromatic heterocycles. The Labute approximate surface area is 190 Å². The molecule has 6 nitrogen and oxygen atoms in total. The molecule has 0 atom stereocenters. The summed E-state index contributed by atoms with van der Waals surface area (Å²) in [7, 11) is -3.99. The molecule has 4 rings (SSSR count). The number of primary sulfonamides is 1. The van der Waals surface area contributed by atoms with Crippen molar-refractivity contribution in [3.05, 3.63) is 62.1 Å². The van der Waals surface area contributed by atoms with Gasteiger partial charge in [-0.3, -0.25) is 9.69 Å². The molecule has 1 amide bonds. The fourth-order valence-electron chi connectivity index (χ4n) is 4.13. The number of halogens is 3. The molecule has 10 heteroatoms. The molecule has 1 saturated heterocycles. The van der Waals surface area contributed by atoms with Crippen molar-refractivity contribution in [2.45, 2.75) is 36.9 Å². The van der Waals surface area contributed by atoms with Crippen molar-refractivity contribution in [1.29, 1.82) is 0 Å². The number of nitrogens with zero attached hydrogens (tertiary/aromatic N) is 2. The maximum absolute atomic E-state index is 12.9. The lowest BCUT2D eigenvalue weighted by atomic mass is 10.0. The number of carbonyl (C=O) groups excluding carboxylic acids is 1. The number of nitrogens with two attached hydrogens (primary N) is 1. The lowest BCUT2D eigenvalue weighted by molar-refractivity contribution is 0.0590. The predicted octanol–water partition coefficient (Wildman–Crippen LogP) is 3.91. The van der Waals surface area contributed by atoms with Crippen LogP contribution in [0.5, 0.6) is 0 Å². The van der Waals surface area contributed by atoms with Gasteiger partial charge < -0.3 is 4.90 Å². The highest BCUT2D eigenvalue weighted by Crippen LogP contribution is 2.34. The fourth-order valence-corrected chi connectivity index (χ4v) is 5.58. The van der Waals surface area contributed by atoms with E-state index in [1.807, 2.05) is 17.0 Å². The second-order valence-electron chi connectivity index (χ2n) is 7.67. The summed E-state index contributed by atoms with van der Waals surface area (Å²) in [5.41, 5.74) is 2.19. The van der Waals surface area contributed by atoms with Crippen molar-refractivity contribution in [2.24, 2.45) is 5.14 Å². The van der Waals surface area contributed by atoms with Crippen molar-refractivity contribution in [3.63, 3.8) is 0 Å².